The van der Waals surface area contributed by atoms with Crippen molar-refractivity contribution in [1.82, 2.24) is 54.3 Å². The zero-order chi connectivity index (χ0) is 99.1. The molecule has 4 aliphatic heterocycles. The third-order valence-corrected chi connectivity index (χ3v) is 31.4. The number of benzene rings is 8. The Labute approximate surface area is 866 Å². The zero-order valence-corrected chi connectivity index (χ0v) is 85.0. The molecule has 15 aromatic rings. The highest BCUT2D eigenvalue weighted by Gasteiger charge is 2.40. The van der Waals surface area contributed by atoms with Gasteiger partial charge in [0.25, 0.3) is 0 Å². The van der Waals surface area contributed by atoms with Crippen molar-refractivity contribution in [3.05, 3.63) is 278 Å². The summed E-state index contributed by atoms with van der Waals surface area (Å²) in [5.74, 6) is 2.17. The van der Waals surface area contributed by atoms with E-state index >= 15 is 0 Å². The molecule has 0 radical (unpaired) electrons. The standard InChI is InChI=1S/2C28H28Cl2N4O3.C27H26Cl2N4O3.C25H25Cl2N3O3/c1-32-16-23(28(35)36)20-7-5-19(15-25(20)32)34-12-10-33(11-13-34)9-8-22-26(31-37-27(22)17-2-3-17)21-6-4-18(29)14-24(21)30;1-32-16-21(28(35)36)19-8-7-18(15-24(19)32)34-13-11-33(12-14-34)10-9-20-26(31-37-27(20)17-5-6-17)25-22(29)3-2-4-23(25)30;28-21-2-1-3-22(29)24(21)25-19(26(36-31-25)16-4-5-16)8-9-32-10-12-33(13-11-32)17-6-7-18-20(27(34)35)15-30-23(18)14-17;26-20-2-1-3-21(27)22(20)23-19(24(33-28-23)16-4-5-16)10-11-29-12-14-30(15-13-29)18-8-6-17(7-9-18)25(31)32/h4-7,14-17H,2-3,8-13H2,1H3,(H,35,36);2-4,7-8,15-17H,5-6,9-14H2,1H3,(H,35,36);1-3,6-7,14-16,30H,4-5,8-13H2,(H,34,35);1-3,6-9,16H,4-5,10-15H2,(H,31,32). The number of aromatic amines is 1. The molecule has 5 N–H and O–H groups in total. The fourth-order valence-electron chi connectivity index (χ4n) is 20.4. The molecule has 4 aliphatic carbocycles. The van der Waals surface area contributed by atoms with Crippen molar-refractivity contribution in [3.63, 3.8) is 0 Å². The number of carbonyl (C=O) groups is 4. The number of aromatic nitrogens is 7. The molecule has 11 heterocycles. The molecule has 0 amide bonds. The van der Waals surface area contributed by atoms with Crippen molar-refractivity contribution in [2.24, 2.45) is 14.1 Å². The van der Waals surface area contributed by atoms with Crippen LogP contribution in [0, 0.1) is 0 Å². The average molecular weight is 2090 g/mol. The Morgan fingerprint density at radius 2 is 0.643 bits per heavy atom. The largest absolute Gasteiger partial charge is 0.478 e. The Bertz CT molecular complexity index is 7180. The maximum Gasteiger partial charge on any atom is 0.337 e. The second-order valence-corrected chi connectivity index (χ2v) is 41.5. The van der Waals surface area contributed by atoms with Gasteiger partial charge >= 0.3 is 23.9 Å². The monoisotopic (exact) mass is 2090 g/mol. The second-order valence-electron chi connectivity index (χ2n) is 38.2. The van der Waals surface area contributed by atoms with Crippen LogP contribution in [0.2, 0.25) is 40.2 Å². The van der Waals surface area contributed by atoms with E-state index in [2.05, 4.69) is 76.9 Å². The molecular formula is C108H107Cl8N15O12. The van der Waals surface area contributed by atoms with Gasteiger partial charge < -0.3 is 72.2 Å². The van der Waals surface area contributed by atoms with Gasteiger partial charge in [0.15, 0.2) is 0 Å². The number of nitrogens with one attached hydrogen (secondary N) is 1. The number of rotatable bonds is 28. The van der Waals surface area contributed by atoms with E-state index in [1.165, 1.54) is 0 Å². The van der Waals surface area contributed by atoms with Gasteiger partial charge in [-0.1, -0.05) is 132 Å². The van der Waals surface area contributed by atoms with E-state index in [1.807, 2.05) is 145 Å². The van der Waals surface area contributed by atoms with E-state index in [1.54, 1.807) is 36.8 Å². The fourth-order valence-corrected chi connectivity index (χ4v) is 22.6. The van der Waals surface area contributed by atoms with Gasteiger partial charge in [-0.05, 0) is 211 Å². The molecule has 0 atom stereocenters. The first-order valence-corrected chi connectivity index (χ1v) is 51.8. The Morgan fingerprint density at radius 1 is 0.336 bits per heavy atom. The number of anilines is 4. The quantitative estimate of drug-likeness (QED) is 0.0304. The predicted molar refractivity (Wildman–Crippen MR) is 564 cm³/mol. The van der Waals surface area contributed by atoms with Gasteiger partial charge in [0.1, 0.15) is 45.8 Å². The van der Waals surface area contributed by atoms with Crippen LogP contribution >= 0.6 is 92.8 Å². The lowest BCUT2D eigenvalue weighted by atomic mass is 10.0. The minimum Gasteiger partial charge on any atom is -0.478 e. The number of nitrogens with zero attached hydrogens (tertiary/aromatic N) is 14. The number of H-pyrrole nitrogens is 1. The van der Waals surface area contributed by atoms with Crippen LogP contribution < -0.4 is 19.6 Å². The molecule has 0 spiro atoms. The van der Waals surface area contributed by atoms with Crippen molar-refractivity contribution < 1.29 is 57.7 Å². The Kier molecular flexibility index (Phi) is 29.7. The van der Waals surface area contributed by atoms with Gasteiger partial charge in [-0.25, -0.2) is 19.2 Å². The second kappa shape index (κ2) is 43.0. The molecule has 4 saturated heterocycles. The number of aromatic carboxylic acids is 4. The van der Waals surface area contributed by atoms with Crippen LogP contribution in [0.1, 0.15) is 162 Å². The van der Waals surface area contributed by atoms with E-state index in [-0.39, 0.29) is 0 Å². The van der Waals surface area contributed by atoms with Crippen molar-refractivity contribution in [2.45, 2.75) is 101 Å². The molecule has 35 heteroatoms. The minimum absolute atomic E-state index is 0.304. The third-order valence-electron chi connectivity index (χ3n) is 28.9. The zero-order valence-electron chi connectivity index (χ0n) is 78.9. The van der Waals surface area contributed by atoms with Gasteiger partial charge in [-0.2, -0.15) is 0 Å². The SMILES string of the molecule is Cn1cc(C(=O)O)c2ccc(N3CCN(CCc4c(-c5c(Cl)cccc5Cl)noc4C4CC4)CC3)cc21.Cn1cc(C(=O)O)c2ccc(N3CCN(CCc4c(-c5ccc(Cl)cc5Cl)noc4C4CC4)CC3)cc21.O=C(O)c1c[nH]c2cc(N3CCN(CCc4c(-c5c(Cl)cccc5Cl)noc4C4CC4)CC3)ccc12.O=C(O)c1ccc(N2CCN(CCc3c(-c4c(Cl)cccc4Cl)noc3C3CC3)CC2)cc1. The molecule has 8 aromatic carbocycles. The van der Waals surface area contributed by atoms with Crippen LogP contribution in [0.4, 0.5) is 22.7 Å². The fraction of sp³-hybridized carbons (Fsp3) is 0.352. The lowest BCUT2D eigenvalue weighted by Gasteiger charge is -2.36. The topological polar surface area (TPSA) is 305 Å². The number of halogens is 8. The maximum atomic E-state index is 11.5. The summed E-state index contributed by atoms with van der Waals surface area (Å²) in [6.45, 7) is 18.4. The van der Waals surface area contributed by atoms with Crippen molar-refractivity contribution in [2.75, 3.05) is 150 Å². The van der Waals surface area contributed by atoms with Crippen LogP contribution in [0.25, 0.3) is 77.7 Å². The first-order chi connectivity index (χ1) is 69.3. The molecule has 143 heavy (non-hydrogen) atoms. The number of fused-ring (bicyclic) bond motifs is 3. The van der Waals surface area contributed by atoms with E-state index in [0.29, 0.717) is 86.1 Å². The highest BCUT2D eigenvalue weighted by atomic mass is 35.5. The summed E-state index contributed by atoms with van der Waals surface area (Å²) in [6.07, 6.45) is 17.4. The number of hydrogen-bond donors (Lipinski definition) is 5. The molecule has 0 bridgehead atoms. The van der Waals surface area contributed by atoms with E-state index < -0.39 is 23.9 Å². The lowest BCUT2D eigenvalue weighted by molar-refractivity contribution is 0.0686. The summed E-state index contributed by atoms with van der Waals surface area (Å²) in [5, 5.41) is 62.0. The van der Waals surface area contributed by atoms with E-state index in [4.69, 9.17) is 116 Å². The number of hydrogen-bond acceptors (Lipinski definition) is 20. The number of carboxylic acids is 4. The third kappa shape index (κ3) is 21.9. The first kappa shape index (κ1) is 98.8. The van der Waals surface area contributed by atoms with Crippen LogP contribution in [0.15, 0.2) is 188 Å². The molecule has 742 valence electrons. The summed E-state index contributed by atoms with van der Waals surface area (Å²) in [7, 11) is 3.78. The van der Waals surface area contributed by atoms with E-state index in [0.717, 1.165) is 354 Å². The van der Waals surface area contributed by atoms with Crippen LogP contribution in [-0.4, -0.2) is 230 Å². The highest BCUT2D eigenvalue weighted by molar-refractivity contribution is 6.41. The molecule has 8 aliphatic rings. The molecule has 0 unspecified atom stereocenters. The summed E-state index contributed by atoms with van der Waals surface area (Å²) >= 11 is 51.6. The Morgan fingerprint density at radius 3 is 0.965 bits per heavy atom. The van der Waals surface area contributed by atoms with Gasteiger partial charge in [0, 0.05) is 281 Å². The van der Waals surface area contributed by atoms with Crippen molar-refractivity contribution in [1.29, 1.82) is 0 Å². The van der Waals surface area contributed by atoms with E-state index in [9.17, 15) is 34.5 Å². The number of aryl methyl sites for hydroxylation is 2. The number of piperazine rings is 4. The van der Waals surface area contributed by atoms with Gasteiger partial charge in [-0.3, -0.25) is 19.6 Å². The molecule has 23 rings (SSSR count). The minimum atomic E-state index is -0.916. The predicted octanol–water partition coefficient (Wildman–Crippen LogP) is 23.8. The van der Waals surface area contributed by atoms with Crippen LogP contribution in [0.5, 0.6) is 0 Å². The van der Waals surface area contributed by atoms with Crippen molar-refractivity contribution in [3.8, 4) is 45.0 Å². The maximum absolute atomic E-state index is 11.5. The summed E-state index contributed by atoms with van der Waals surface area (Å²) in [4.78, 5) is 67.9. The van der Waals surface area contributed by atoms with Gasteiger partial charge in [-0.15, -0.1) is 0 Å². The smallest absolute Gasteiger partial charge is 0.337 e. The molecule has 27 nitrogen and oxygen atoms in total. The average Bonchev–Trinajstić information content (AvgIpc) is 1.64. The molecule has 4 saturated carbocycles. The Hall–Kier alpha value is -11.5. The highest BCUT2D eigenvalue weighted by Crippen LogP contribution is 2.51. The van der Waals surface area contributed by atoms with Crippen LogP contribution in [-0.2, 0) is 39.8 Å². The summed E-state index contributed by atoms with van der Waals surface area (Å²) in [6, 6.07) is 47.2. The van der Waals surface area contributed by atoms with Gasteiger partial charge in [0.2, 0.25) is 0 Å². The molecule has 8 fully saturated rings. The number of carboxylic acid groups (broad SMARTS) is 4. The summed E-state index contributed by atoms with van der Waals surface area (Å²) < 4.78 is 27.0. The Balaban J connectivity index is 0.000000117. The van der Waals surface area contributed by atoms with Crippen LogP contribution in [0.3, 0.4) is 0 Å². The molecular weight excluding hydrogens is 1980 g/mol. The normalized spacial score (nSPS) is 16.7. The molecule has 7 aromatic heterocycles. The lowest BCUT2D eigenvalue weighted by Crippen LogP contribution is -2.47. The van der Waals surface area contributed by atoms with Crippen molar-refractivity contribution >= 4 is 172 Å². The van der Waals surface area contributed by atoms with Gasteiger partial charge in [0.05, 0.1) is 68.4 Å². The summed E-state index contributed by atoms with van der Waals surface area (Å²) in [5.41, 5.74) is 19.2. The first-order valence-electron chi connectivity index (χ1n) is 48.7.